The number of hydrogen-bond acceptors (Lipinski definition) is 4. The van der Waals surface area contributed by atoms with Crippen LogP contribution in [0.25, 0.3) is 0 Å². The van der Waals surface area contributed by atoms with E-state index >= 15 is 0 Å². The molecule has 21 heavy (non-hydrogen) atoms. The van der Waals surface area contributed by atoms with Gasteiger partial charge in [-0.25, -0.2) is 0 Å². The molecule has 0 radical (unpaired) electrons. The van der Waals surface area contributed by atoms with Crippen LogP contribution < -0.4 is 15.2 Å². The van der Waals surface area contributed by atoms with Gasteiger partial charge >= 0.3 is 0 Å². The first kappa shape index (κ1) is 14.7. The molecule has 1 atom stereocenters. The van der Waals surface area contributed by atoms with E-state index < -0.39 is 0 Å². The molecule has 1 unspecified atom stereocenters. The van der Waals surface area contributed by atoms with E-state index in [0.717, 1.165) is 37.4 Å². The summed E-state index contributed by atoms with van der Waals surface area (Å²) >= 11 is 0. The lowest BCUT2D eigenvalue weighted by molar-refractivity contribution is -0.153. The molecular formula is C17H25NO3. The summed E-state index contributed by atoms with van der Waals surface area (Å²) in [5.74, 6) is 1.63. The van der Waals surface area contributed by atoms with Crippen molar-refractivity contribution in [1.29, 1.82) is 0 Å². The lowest BCUT2D eigenvalue weighted by Gasteiger charge is -2.46. The Morgan fingerprint density at radius 3 is 2.86 bits per heavy atom. The van der Waals surface area contributed by atoms with Crippen molar-refractivity contribution >= 4 is 0 Å². The van der Waals surface area contributed by atoms with Crippen molar-refractivity contribution < 1.29 is 14.2 Å². The average molecular weight is 291 g/mol. The minimum absolute atomic E-state index is 0.107. The number of methoxy groups -OCH3 is 1. The van der Waals surface area contributed by atoms with Crippen molar-refractivity contribution in [3.63, 3.8) is 0 Å². The third-order valence-electron chi connectivity index (χ3n) is 4.67. The fourth-order valence-corrected chi connectivity index (χ4v) is 3.31. The van der Waals surface area contributed by atoms with Crippen LogP contribution in [-0.4, -0.2) is 32.0 Å². The van der Waals surface area contributed by atoms with Gasteiger partial charge in [0.2, 0.25) is 0 Å². The van der Waals surface area contributed by atoms with Gasteiger partial charge in [-0.2, -0.15) is 0 Å². The Kier molecular flexibility index (Phi) is 4.36. The van der Waals surface area contributed by atoms with E-state index in [4.69, 9.17) is 19.9 Å². The predicted molar refractivity (Wildman–Crippen MR) is 81.9 cm³/mol. The average Bonchev–Trinajstić information content (AvgIpc) is 2.48. The number of nitrogens with two attached hydrogens (primary N) is 1. The molecule has 0 aromatic heterocycles. The standard InChI is InChI=1S/C17H25NO3/c1-19-16-11-13(5-9-18)3-4-15(16)21-14-6-10-20-17(12-14)7-2-8-17/h3-4,11,14H,2,5-10,12,18H2,1H3. The quantitative estimate of drug-likeness (QED) is 0.906. The second-order valence-corrected chi connectivity index (χ2v) is 6.14. The van der Waals surface area contributed by atoms with Crippen molar-refractivity contribution in [2.45, 2.75) is 50.2 Å². The van der Waals surface area contributed by atoms with Gasteiger partial charge < -0.3 is 19.9 Å². The Morgan fingerprint density at radius 2 is 2.19 bits per heavy atom. The van der Waals surface area contributed by atoms with E-state index in [1.54, 1.807) is 7.11 Å². The van der Waals surface area contributed by atoms with Gasteiger partial charge in [-0.15, -0.1) is 0 Å². The van der Waals surface area contributed by atoms with Crippen molar-refractivity contribution in [2.75, 3.05) is 20.3 Å². The molecule has 2 fully saturated rings. The molecule has 1 aromatic rings. The van der Waals surface area contributed by atoms with E-state index in [9.17, 15) is 0 Å². The maximum atomic E-state index is 6.21. The number of rotatable bonds is 5. The van der Waals surface area contributed by atoms with Crippen LogP contribution in [0.1, 0.15) is 37.7 Å². The molecule has 1 aromatic carbocycles. The summed E-state index contributed by atoms with van der Waals surface area (Å²) in [7, 11) is 1.69. The fourth-order valence-electron chi connectivity index (χ4n) is 3.31. The van der Waals surface area contributed by atoms with Crippen LogP contribution in [0.15, 0.2) is 18.2 Å². The molecular weight excluding hydrogens is 266 g/mol. The zero-order valence-electron chi connectivity index (χ0n) is 12.8. The molecule has 116 valence electrons. The monoisotopic (exact) mass is 291 g/mol. The second kappa shape index (κ2) is 6.24. The molecule has 1 aliphatic heterocycles. The summed E-state index contributed by atoms with van der Waals surface area (Å²) in [6, 6.07) is 6.11. The largest absolute Gasteiger partial charge is 0.493 e. The highest BCUT2D eigenvalue weighted by atomic mass is 16.5. The lowest BCUT2D eigenvalue weighted by Crippen LogP contribution is -2.48. The van der Waals surface area contributed by atoms with E-state index in [1.165, 1.54) is 24.8 Å². The zero-order chi connectivity index (χ0) is 14.7. The minimum atomic E-state index is 0.107. The van der Waals surface area contributed by atoms with E-state index in [1.807, 2.05) is 12.1 Å². The molecule has 1 aliphatic carbocycles. The van der Waals surface area contributed by atoms with Crippen molar-refractivity contribution in [2.24, 2.45) is 5.73 Å². The van der Waals surface area contributed by atoms with Gasteiger partial charge in [0, 0.05) is 12.8 Å². The second-order valence-electron chi connectivity index (χ2n) is 6.14. The topological polar surface area (TPSA) is 53.7 Å². The highest BCUT2D eigenvalue weighted by Crippen LogP contribution is 2.43. The van der Waals surface area contributed by atoms with Crippen LogP contribution in [0.5, 0.6) is 11.5 Å². The normalized spacial score (nSPS) is 23.6. The first-order valence-corrected chi connectivity index (χ1v) is 7.92. The number of hydrogen-bond donors (Lipinski definition) is 1. The van der Waals surface area contributed by atoms with E-state index in [0.29, 0.717) is 6.54 Å². The van der Waals surface area contributed by atoms with Gasteiger partial charge in [0.1, 0.15) is 6.10 Å². The van der Waals surface area contributed by atoms with Gasteiger partial charge in [0.05, 0.1) is 19.3 Å². The summed E-state index contributed by atoms with van der Waals surface area (Å²) in [4.78, 5) is 0. The van der Waals surface area contributed by atoms with Crippen LogP contribution in [-0.2, 0) is 11.2 Å². The number of ether oxygens (including phenoxy) is 3. The molecule has 1 saturated heterocycles. The first-order valence-electron chi connectivity index (χ1n) is 7.92. The SMILES string of the molecule is COc1cc(CCN)ccc1OC1CCOC2(CCC2)C1. The van der Waals surface area contributed by atoms with E-state index in [2.05, 4.69) is 6.07 Å². The molecule has 0 amide bonds. The van der Waals surface area contributed by atoms with Gasteiger partial charge in [0.25, 0.3) is 0 Å². The Balaban J connectivity index is 1.68. The molecule has 1 heterocycles. The van der Waals surface area contributed by atoms with Crippen molar-refractivity contribution in [3.8, 4) is 11.5 Å². The fraction of sp³-hybridized carbons (Fsp3) is 0.647. The zero-order valence-corrected chi connectivity index (χ0v) is 12.8. The van der Waals surface area contributed by atoms with Crippen LogP contribution in [0, 0.1) is 0 Å². The molecule has 1 spiro atoms. The van der Waals surface area contributed by atoms with Crippen LogP contribution in [0.3, 0.4) is 0 Å². The summed E-state index contributed by atoms with van der Waals surface area (Å²) in [5, 5.41) is 0. The third-order valence-corrected chi connectivity index (χ3v) is 4.67. The summed E-state index contributed by atoms with van der Waals surface area (Å²) in [6.45, 7) is 1.45. The third kappa shape index (κ3) is 3.16. The molecule has 4 heteroatoms. The molecule has 3 rings (SSSR count). The first-order chi connectivity index (χ1) is 10.2. The van der Waals surface area contributed by atoms with Crippen LogP contribution in [0.4, 0.5) is 0 Å². The van der Waals surface area contributed by atoms with Crippen molar-refractivity contribution in [1.82, 2.24) is 0 Å². The minimum Gasteiger partial charge on any atom is -0.493 e. The maximum Gasteiger partial charge on any atom is 0.161 e. The highest BCUT2D eigenvalue weighted by Gasteiger charge is 2.43. The number of benzene rings is 1. The Bertz CT molecular complexity index is 485. The van der Waals surface area contributed by atoms with Crippen LogP contribution >= 0.6 is 0 Å². The summed E-state index contributed by atoms with van der Waals surface area (Å²) < 4.78 is 17.6. The van der Waals surface area contributed by atoms with Gasteiger partial charge in [-0.05, 0) is 49.9 Å². The highest BCUT2D eigenvalue weighted by molar-refractivity contribution is 5.43. The Labute approximate surface area is 126 Å². The van der Waals surface area contributed by atoms with E-state index in [-0.39, 0.29) is 11.7 Å². The van der Waals surface area contributed by atoms with Crippen molar-refractivity contribution in [3.05, 3.63) is 23.8 Å². The summed E-state index contributed by atoms with van der Waals surface area (Å²) in [5.41, 5.74) is 6.90. The Hall–Kier alpha value is -1.26. The van der Waals surface area contributed by atoms with Crippen LogP contribution in [0.2, 0.25) is 0 Å². The molecule has 1 saturated carbocycles. The lowest BCUT2D eigenvalue weighted by atomic mass is 9.74. The maximum absolute atomic E-state index is 6.21. The smallest absolute Gasteiger partial charge is 0.161 e. The Morgan fingerprint density at radius 1 is 1.33 bits per heavy atom. The molecule has 2 N–H and O–H groups in total. The van der Waals surface area contributed by atoms with Gasteiger partial charge in [0.15, 0.2) is 11.5 Å². The molecule has 2 aliphatic rings. The van der Waals surface area contributed by atoms with Gasteiger partial charge in [-0.3, -0.25) is 0 Å². The predicted octanol–water partition coefficient (Wildman–Crippen LogP) is 2.68. The molecule has 0 bridgehead atoms. The summed E-state index contributed by atoms with van der Waals surface area (Å²) in [6.07, 6.45) is 6.68. The molecule has 4 nitrogen and oxygen atoms in total. The van der Waals surface area contributed by atoms with Gasteiger partial charge in [-0.1, -0.05) is 6.07 Å².